The van der Waals surface area contributed by atoms with Crippen molar-refractivity contribution in [3.8, 4) is 0 Å². The molecule has 78 valence electrons. The maximum absolute atomic E-state index is 4.23. The number of hydrogen-bond acceptors (Lipinski definition) is 3. The van der Waals surface area contributed by atoms with Crippen molar-refractivity contribution in [3.05, 3.63) is 29.4 Å². The minimum Gasteiger partial charge on any atom is -0.317 e. The SMILES string of the molecule is c1cc2scc(C3CCNCC3)c2cn1. The molecule has 1 aliphatic heterocycles. The van der Waals surface area contributed by atoms with E-state index in [0.29, 0.717) is 0 Å². The second-order valence-corrected chi connectivity index (χ2v) is 5.00. The Bertz CT molecular complexity index is 457. The van der Waals surface area contributed by atoms with Crippen molar-refractivity contribution >= 4 is 21.4 Å². The summed E-state index contributed by atoms with van der Waals surface area (Å²) in [6.07, 6.45) is 6.43. The predicted molar refractivity (Wildman–Crippen MR) is 64.5 cm³/mol. The molecule has 2 nitrogen and oxygen atoms in total. The second kappa shape index (κ2) is 3.91. The number of aromatic nitrogens is 1. The number of nitrogens with one attached hydrogen (secondary N) is 1. The van der Waals surface area contributed by atoms with Crippen LogP contribution in [0.25, 0.3) is 10.1 Å². The van der Waals surface area contributed by atoms with Crippen LogP contribution in [0.2, 0.25) is 0 Å². The van der Waals surface area contributed by atoms with E-state index in [2.05, 4.69) is 21.7 Å². The lowest BCUT2D eigenvalue weighted by molar-refractivity contribution is 0.463. The van der Waals surface area contributed by atoms with Gasteiger partial charge in [-0.3, -0.25) is 4.98 Å². The molecule has 3 heteroatoms. The molecule has 0 aliphatic carbocycles. The summed E-state index contributed by atoms with van der Waals surface area (Å²) in [4.78, 5) is 4.23. The van der Waals surface area contributed by atoms with Crippen molar-refractivity contribution in [2.45, 2.75) is 18.8 Å². The molecule has 1 saturated heterocycles. The van der Waals surface area contributed by atoms with Gasteiger partial charge in [-0.25, -0.2) is 0 Å². The van der Waals surface area contributed by atoms with Crippen molar-refractivity contribution in [1.29, 1.82) is 0 Å². The van der Waals surface area contributed by atoms with Crippen molar-refractivity contribution in [2.75, 3.05) is 13.1 Å². The highest BCUT2D eigenvalue weighted by atomic mass is 32.1. The van der Waals surface area contributed by atoms with E-state index in [9.17, 15) is 0 Å². The number of nitrogens with zero attached hydrogens (tertiary/aromatic N) is 1. The van der Waals surface area contributed by atoms with Crippen LogP contribution < -0.4 is 5.32 Å². The zero-order valence-corrected chi connectivity index (χ0v) is 9.39. The highest BCUT2D eigenvalue weighted by molar-refractivity contribution is 7.17. The summed E-state index contributed by atoms with van der Waals surface area (Å²) < 4.78 is 1.37. The van der Waals surface area contributed by atoms with E-state index in [1.165, 1.54) is 28.5 Å². The third-order valence-corrected chi connectivity index (χ3v) is 4.17. The summed E-state index contributed by atoms with van der Waals surface area (Å²) in [6.45, 7) is 2.31. The summed E-state index contributed by atoms with van der Waals surface area (Å²) in [7, 11) is 0. The maximum atomic E-state index is 4.23. The summed E-state index contributed by atoms with van der Waals surface area (Å²) in [5.41, 5.74) is 1.52. The van der Waals surface area contributed by atoms with Crippen molar-refractivity contribution in [3.63, 3.8) is 0 Å². The topological polar surface area (TPSA) is 24.9 Å². The molecule has 0 radical (unpaired) electrons. The smallest absolute Gasteiger partial charge is 0.0376 e. The minimum absolute atomic E-state index is 0.740. The normalized spacial score (nSPS) is 18.4. The van der Waals surface area contributed by atoms with Gasteiger partial charge in [-0.1, -0.05) is 0 Å². The van der Waals surface area contributed by atoms with Gasteiger partial charge in [0, 0.05) is 22.5 Å². The number of thiophene rings is 1. The largest absolute Gasteiger partial charge is 0.317 e. The van der Waals surface area contributed by atoms with Crippen LogP contribution in [0.4, 0.5) is 0 Å². The van der Waals surface area contributed by atoms with E-state index < -0.39 is 0 Å². The molecule has 2 aromatic heterocycles. The zero-order valence-electron chi connectivity index (χ0n) is 8.57. The third-order valence-electron chi connectivity index (χ3n) is 3.18. The number of hydrogen-bond donors (Lipinski definition) is 1. The second-order valence-electron chi connectivity index (χ2n) is 4.09. The molecule has 1 aliphatic rings. The maximum Gasteiger partial charge on any atom is 0.0376 e. The van der Waals surface area contributed by atoms with Gasteiger partial charge < -0.3 is 5.32 Å². The fourth-order valence-corrected chi connectivity index (χ4v) is 3.35. The van der Waals surface area contributed by atoms with Gasteiger partial charge in [-0.15, -0.1) is 11.3 Å². The van der Waals surface area contributed by atoms with Crippen LogP contribution >= 0.6 is 11.3 Å². The Labute approximate surface area is 93.3 Å². The Balaban J connectivity index is 2.02. The number of fused-ring (bicyclic) bond motifs is 1. The van der Waals surface area contributed by atoms with E-state index in [-0.39, 0.29) is 0 Å². The highest BCUT2D eigenvalue weighted by Crippen LogP contribution is 2.34. The summed E-state index contributed by atoms with van der Waals surface area (Å²) in [5.74, 6) is 0.740. The summed E-state index contributed by atoms with van der Waals surface area (Å²) in [6, 6.07) is 2.12. The standard InChI is InChI=1S/C12H14N2S/c1-4-13-5-2-9(1)11-8-15-12-3-6-14-7-10(11)12/h3,6-9,13H,1-2,4-5H2. The summed E-state index contributed by atoms with van der Waals surface area (Å²) >= 11 is 1.85. The van der Waals surface area contributed by atoms with Gasteiger partial charge in [0.1, 0.15) is 0 Å². The van der Waals surface area contributed by atoms with E-state index in [1.807, 2.05) is 23.7 Å². The molecular formula is C12H14N2S. The fourth-order valence-electron chi connectivity index (χ4n) is 2.34. The molecule has 3 heterocycles. The molecule has 15 heavy (non-hydrogen) atoms. The molecule has 0 atom stereocenters. The van der Waals surface area contributed by atoms with Gasteiger partial charge in [0.15, 0.2) is 0 Å². The van der Waals surface area contributed by atoms with E-state index in [0.717, 1.165) is 19.0 Å². The molecule has 0 spiro atoms. The first-order valence-corrected chi connectivity index (χ1v) is 6.35. The molecule has 2 aromatic rings. The molecule has 0 aromatic carbocycles. The Morgan fingerprint density at radius 1 is 1.33 bits per heavy atom. The van der Waals surface area contributed by atoms with Gasteiger partial charge >= 0.3 is 0 Å². The molecule has 3 rings (SSSR count). The quantitative estimate of drug-likeness (QED) is 0.796. The van der Waals surface area contributed by atoms with Crippen LogP contribution in [-0.4, -0.2) is 18.1 Å². The Kier molecular flexibility index (Phi) is 2.43. The molecular weight excluding hydrogens is 204 g/mol. The van der Waals surface area contributed by atoms with E-state index in [4.69, 9.17) is 0 Å². The van der Waals surface area contributed by atoms with Gasteiger partial charge in [0.25, 0.3) is 0 Å². The first-order chi connectivity index (χ1) is 7.45. The lowest BCUT2D eigenvalue weighted by atomic mass is 9.90. The molecule has 0 unspecified atom stereocenters. The molecule has 0 bridgehead atoms. The van der Waals surface area contributed by atoms with Crippen LogP contribution in [0.1, 0.15) is 24.3 Å². The monoisotopic (exact) mass is 218 g/mol. The fraction of sp³-hybridized carbons (Fsp3) is 0.417. The average molecular weight is 218 g/mol. The number of rotatable bonds is 1. The summed E-state index contributed by atoms with van der Waals surface area (Å²) in [5, 5.41) is 7.10. The third kappa shape index (κ3) is 1.66. The number of pyridine rings is 1. The van der Waals surface area contributed by atoms with E-state index >= 15 is 0 Å². The van der Waals surface area contributed by atoms with Crippen LogP contribution in [0.15, 0.2) is 23.8 Å². The van der Waals surface area contributed by atoms with Crippen LogP contribution in [0, 0.1) is 0 Å². The van der Waals surface area contributed by atoms with Crippen molar-refractivity contribution in [2.24, 2.45) is 0 Å². The van der Waals surface area contributed by atoms with Gasteiger partial charge in [-0.2, -0.15) is 0 Å². The molecule has 1 fully saturated rings. The van der Waals surface area contributed by atoms with Crippen LogP contribution in [-0.2, 0) is 0 Å². The zero-order chi connectivity index (χ0) is 10.1. The lowest BCUT2D eigenvalue weighted by Crippen LogP contribution is -2.26. The average Bonchev–Trinajstić information content (AvgIpc) is 2.74. The van der Waals surface area contributed by atoms with Gasteiger partial charge in [0.05, 0.1) is 0 Å². The van der Waals surface area contributed by atoms with Gasteiger partial charge in [0.2, 0.25) is 0 Å². The van der Waals surface area contributed by atoms with Crippen molar-refractivity contribution in [1.82, 2.24) is 10.3 Å². The molecule has 1 N–H and O–H groups in total. The Hall–Kier alpha value is -0.930. The van der Waals surface area contributed by atoms with Crippen LogP contribution in [0.3, 0.4) is 0 Å². The Morgan fingerprint density at radius 2 is 2.20 bits per heavy atom. The predicted octanol–water partition coefficient (Wildman–Crippen LogP) is 2.76. The molecule has 0 saturated carbocycles. The first-order valence-electron chi connectivity index (χ1n) is 5.47. The highest BCUT2D eigenvalue weighted by Gasteiger charge is 2.18. The van der Waals surface area contributed by atoms with Gasteiger partial charge in [-0.05, 0) is 48.9 Å². The minimum atomic E-state index is 0.740. The first kappa shape index (κ1) is 9.31. The number of piperidine rings is 1. The lowest BCUT2D eigenvalue weighted by Gasteiger charge is -2.22. The van der Waals surface area contributed by atoms with Crippen LogP contribution in [0.5, 0.6) is 0 Å². The van der Waals surface area contributed by atoms with Crippen molar-refractivity contribution < 1.29 is 0 Å². The Morgan fingerprint density at radius 3 is 3.07 bits per heavy atom. The van der Waals surface area contributed by atoms with E-state index in [1.54, 1.807) is 0 Å². The molecule has 0 amide bonds.